The van der Waals surface area contributed by atoms with Crippen LogP contribution in [0, 0.1) is 5.92 Å². The van der Waals surface area contributed by atoms with E-state index in [0.717, 1.165) is 12.3 Å². The average molecular weight is 276 g/mol. The van der Waals surface area contributed by atoms with Gasteiger partial charge in [0.05, 0.1) is 11.3 Å². The summed E-state index contributed by atoms with van der Waals surface area (Å²) >= 11 is 1.93. The predicted molar refractivity (Wildman–Crippen MR) is 80.9 cm³/mol. The molecule has 0 aliphatic carbocycles. The number of carbonyl (C=O) groups is 1. The smallest absolute Gasteiger partial charge is 0.148 e. The molecule has 19 heavy (non-hydrogen) atoms. The van der Waals surface area contributed by atoms with Crippen molar-refractivity contribution in [1.82, 2.24) is 4.90 Å². The summed E-state index contributed by atoms with van der Waals surface area (Å²) in [5, 5.41) is 0.295. The number of carbonyl (C=O) groups excluding carboxylic acids is 1. The molecular weight excluding hydrogens is 256 g/mol. The molecule has 3 unspecified atom stereocenters. The highest BCUT2D eigenvalue weighted by Gasteiger charge is 2.46. The monoisotopic (exact) mass is 276 g/mol. The Morgan fingerprint density at radius 1 is 1.37 bits per heavy atom. The minimum atomic E-state index is 0.0601. The number of likely N-dealkylation sites (N-methyl/N-ethyl adjacent to an activating group) is 1. The first-order valence-corrected chi connectivity index (χ1v) is 7.76. The Bertz CT molecular complexity index is 503. The Labute approximate surface area is 119 Å². The van der Waals surface area contributed by atoms with Crippen LogP contribution in [0.4, 0.5) is 5.69 Å². The second kappa shape index (κ2) is 4.84. The summed E-state index contributed by atoms with van der Waals surface area (Å²) in [5.74, 6) is 1.59. The van der Waals surface area contributed by atoms with Gasteiger partial charge < -0.3 is 9.80 Å². The van der Waals surface area contributed by atoms with Crippen LogP contribution in [0.3, 0.4) is 0 Å². The summed E-state index contributed by atoms with van der Waals surface area (Å²) in [6.07, 6.45) is 0. The molecule has 3 nitrogen and oxygen atoms in total. The van der Waals surface area contributed by atoms with Crippen LogP contribution in [0.1, 0.15) is 11.5 Å². The highest BCUT2D eigenvalue weighted by molar-refractivity contribution is 8.00. The molecule has 3 atom stereocenters. The van der Waals surface area contributed by atoms with Gasteiger partial charge >= 0.3 is 0 Å². The third kappa shape index (κ3) is 2.07. The summed E-state index contributed by atoms with van der Waals surface area (Å²) in [6.45, 7) is 0.862. The van der Waals surface area contributed by atoms with E-state index in [2.05, 4.69) is 35.0 Å². The summed E-state index contributed by atoms with van der Waals surface area (Å²) in [5.41, 5.74) is 2.44. The lowest BCUT2D eigenvalue weighted by Gasteiger charge is -2.34. The lowest BCUT2D eigenvalue weighted by Crippen LogP contribution is -2.43. The molecule has 0 spiro atoms. The fourth-order valence-electron chi connectivity index (χ4n) is 3.22. The van der Waals surface area contributed by atoms with Gasteiger partial charge in [-0.05, 0) is 25.7 Å². The largest absolute Gasteiger partial charge is 0.361 e. The van der Waals surface area contributed by atoms with Gasteiger partial charge in [-0.2, -0.15) is 0 Å². The second-order valence-corrected chi connectivity index (χ2v) is 6.88. The molecular formula is C15H20N2OS. The average Bonchev–Trinajstić information content (AvgIpc) is 2.67. The van der Waals surface area contributed by atoms with Crippen molar-refractivity contribution in [2.24, 2.45) is 5.92 Å². The quantitative estimate of drug-likeness (QED) is 0.825. The molecule has 4 heteroatoms. The predicted octanol–water partition coefficient (Wildman–Crippen LogP) is 2.04. The van der Waals surface area contributed by atoms with Crippen molar-refractivity contribution < 1.29 is 4.79 Å². The van der Waals surface area contributed by atoms with Gasteiger partial charge in [0.2, 0.25) is 0 Å². The molecule has 0 N–H and O–H groups in total. The molecule has 0 aromatic heterocycles. The zero-order chi connectivity index (χ0) is 13.6. The molecule has 1 saturated heterocycles. The van der Waals surface area contributed by atoms with Gasteiger partial charge in [0.1, 0.15) is 5.78 Å². The van der Waals surface area contributed by atoms with Crippen LogP contribution in [0.5, 0.6) is 0 Å². The van der Waals surface area contributed by atoms with E-state index >= 15 is 0 Å². The molecule has 0 radical (unpaired) electrons. The van der Waals surface area contributed by atoms with E-state index in [0.29, 0.717) is 11.2 Å². The highest BCUT2D eigenvalue weighted by atomic mass is 32.2. The van der Waals surface area contributed by atoms with Gasteiger partial charge in [-0.25, -0.2) is 0 Å². The summed E-state index contributed by atoms with van der Waals surface area (Å²) in [7, 11) is 6.19. The molecule has 0 amide bonds. The number of rotatable bonds is 2. The summed E-state index contributed by atoms with van der Waals surface area (Å²) < 4.78 is 0. The third-order valence-electron chi connectivity index (χ3n) is 4.08. The number of thioether (sulfide) groups is 1. The number of ketones is 1. The van der Waals surface area contributed by atoms with Crippen molar-refractivity contribution in [1.29, 1.82) is 0 Å². The number of anilines is 1. The molecule has 2 aliphatic rings. The topological polar surface area (TPSA) is 23.6 Å². The number of hydrogen-bond donors (Lipinski definition) is 0. The van der Waals surface area contributed by atoms with Crippen molar-refractivity contribution in [3.05, 3.63) is 29.8 Å². The van der Waals surface area contributed by atoms with Gasteiger partial charge in [0.15, 0.2) is 0 Å². The number of nitrogens with zero attached hydrogens (tertiary/aromatic N) is 2. The Morgan fingerprint density at radius 3 is 2.84 bits per heavy atom. The summed E-state index contributed by atoms with van der Waals surface area (Å²) in [4.78, 5) is 17.2. The molecule has 3 rings (SSSR count). The van der Waals surface area contributed by atoms with Crippen LogP contribution in [0.2, 0.25) is 0 Å². The van der Waals surface area contributed by atoms with Gasteiger partial charge in [-0.15, -0.1) is 11.8 Å². The van der Waals surface area contributed by atoms with Crippen LogP contribution in [0.25, 0.3) is 0 Å². The fraction of sp³-hybridized carbons (Fsp3) is 0.533. The highest BCUT2D eigenvalue weighted by Crippen LogP contribution is 2.49. The molecule has 0 saturated carbocycles. The van der Waals surface area contributed by atoms with Gasteiger partial charge in [0.25, 0.3) is 0 Å². The van der Waals surface area contributed by atoms with E-state index < -0.39 is 0 Å². The Morgan fingerprint density at radius 2 is 2.11 bits per heavy atom. The third-order valence-corrected chi connectivity index (χ3v) is 5.61. The number of Topliss-reactive ketones (excluding diaryl/α,β-unsaturated/α-hetero) is 1. The molecule has 102 valence electrons. The zero-order valence-electron chi connectivity index (χ0n) is 11.7. The maximum absolute atomic E-state index is 12.8. The van der Waals surface area contributed by atoms with Crippen molar-refractivity contribution in [3.63, 3.8) is 0 Å². The molecule has 2 heterocycles. The molecule has 0 bridgehead atoms. The minimum absolute atomic E-state index is 0.0601. The SMILES string of the molecule is CN(C)CC1CSC2C(C1=O)c1ccccc1N2C. The number of fused-ring (bicyclic) bond motifs is 3. The van der Waals surface area contributed by atoms with E-state index in [4.69, 9.17) is 0 Å². The fourth-order valence-corrected chi connectivity index (χ4v) is 4.73. The number of para-hydroxylation sites is 1. The first-order chi connectivity index (χ1) is 9.09. The normalized spacial score (nSPS) is 29.6. The molecule has 1 aromatic carbocycles. The maximum Gasteiger partial charge on any atom is 0.148 e. The number of hydrogen-bond acceptors (Lipinski definition) is 4. The zero-order valence-corrected chi connectivity index (χ0v) is 12.5. The van der Waals surface area contributed by atoms with Gasteiger partial charge in [0, 0.05) is 31.0 Å². The lowest BCUT2D eigenvalue weighted by atomic mass is 9.88. The standard InChI is InChI=1S/C15H20N2OS/c1-16(2)8-10-9-19-15-13(14(10)18)11-6-4-5-7-12(11)17(15)3/h4-7,10,13,15H,8-9H2,1-3H3. The van der Waals surface area contributed by atoms with E-state index in [-0.39, 0.29) is 11.8 Å². The van der Waals surface area contributed by atoms with Crippen LogP contribution >= 0.6 is 11.8 Å². The number of benzene rings is 1. The molecule has 1 fully saturated rings. The first kappa shape index (κ1) is 13.0. The van der Waals surface area contributed by atoms with Crippen molar-refractivity contribution >= 4 is 23.2 Å². The van der Waals surface area contributed by atoms with Crippen LogP contribution in [-0.2, 0) is 4.79 Å². The van der Waals surface area contributed by atoms with Crippen LogP contribution < -0.4 is 4.90 Å². The van der Waals surface area contributed by atoms with Crippen molar-refractivity contribution in [2.45, 2.75) is 11.3 Å². The second-order valence-electron chi connectivity index (χ2n) is 5.73. The Balaban J connectivity index is 1.93. The first-order valence-electron chi connectivity index (χ1n) is 6.71. The van der Waals surface area contributed by atoms with Crippen molar-refractivity contribution in [2.75, 3.05) is 38.3 Å². The maximum atomic E-state index is 12.8. The van der Waals surface area contributed by atoms with E-state index in [9.17, 15) is 4.79 Å². The van der Waals surface area contributed by atoms with E-state index in [1.807, 2.05) is 31.9 Å². The molecule has 2 aliphatic heterocycles. The van der Waals surface area contributed by atoms with Gasteiger partial charge in [-0.1, -0.05) is 18.2 Å². The van der Waals surface area contributed by atoms with Crippen molar-refractivity contribution in [3.8, 4) is 0 Å². The summed E-state index contributed by atoms with van der Waals surface area (Å²) in [6, 6.07) is 8.34. The van der Waals surface area contributed by atoms with Gasteiger partial charge in [-0.3, -0.25) is 4.79 Å². The Hall–Kier alpha value is -1.00. The Kier molecular flexibility index (Phi) is 3.31. The van der Waals surface area contributed by atoms with Crippen LogP contribution in [0.15, 0.2) is 24.3 Å². The van der Waals surface area contributed by atoms with E-state index in [1.165, 1.54) is 11.3 Å². The van der Waals surface area contributed by atoms with Crippen LogP contribution in [-0.4, -0.2) is 49.5 Å². The molecule has 1 aromatic rings. The van der Waals surface area contributed by atoms with E-state index in [1.54, 1.807) is 0 Å². The minimum Gasteiger partial charge on any atom is -0.361 e. The lowest BCUT2D eigenvalue weighted by molar-refractivity contribution is -0.124.